The maximum atomic E-state index is 13.7. The number of sulfonamides is 1. The number of nitrogens with one attached hydrogen (secondary N) is 1. The summed E-state index contributed by atoms with van der Waals surface area (Å²) in [4.78, 5) is 4.18. The summed E-state index contributed by atoms with van der Waals surface area (Å²) in [6.07, 6.45) is 0. The van der Waals surface area contributed by atoms with Crippen molar-refractivity contribution in [2.45, 2.75) is 31.2 Å². The molecular weight excluding hydrogens is 357 g/mol. The minimum Gasteiger partial charge on any atom is -0.338 e. The van der Waals surface area contributed by atoms with E-state index < -0.39 is 15.8 Å². The van der Waals surface area contributed by atoms with Crippen LogP contribution in [-0.4, -0.2) is 18.6 Å². The van der Waals surface area contributed by atoms with Gasteiger partial charge in [-0.1, -0.05) is 43.3 Å². The first-order valence-corrected chi connectivity index (χ1v) is 9.52. The summed E-state index contributed by atoms with van der Waals surface area (Å²) in [6, 6.07) is 12.7. The topological polar surface area (TPSA) is 85.1 Å². The first kappa shape index (κ1) is 18.2. The fourth-order valence-corrected chi connectivity index (χ4v) is 3.33. The van der Waals surface area contributed by atoms with Gasteiger partial charge >= 0.3 is 0 Å². The summed E-state index contributed by atoms with van der Waals surface area (Å²) in [7, 11) is -3.72. The highest BCUT2D eigenvalue weighted by Gasteiger charge is 2.17. The molecule has 2 aromatic carbocycles. The van der Waals surface area contributed by atoms with Gasteiger partial charge in [0.05, 0.1) is 17.0 Å². The number of nitrogens with zero attached hydrogens (tertiary/aromatic N) is 2. The van der Waals surface area contributed by atoms with Crippen LogP contribution in [0.25, 0.3) is 11.4 Å². The molecule has 0 saturated carbocycles. The molecule has 0 radical (unpaired) electrons. The van der Waals surface area contributed by atoms with Crippen molar-refractivity contribution in [3.8, 4) is 11.4 Å². The van der Waals surface area contributed by atoms with E-state index in [0.29, 0.717) is 5.92 Å². The predicted molar refractivity (Wildman–Crippen MR) is 94.2 cm³/mol. The molecule has 3 aromatic rings. The molecule has 6 nitrogen and oxygen atoms in total. The molecule has 1 heterocycles. The average molecular weight is 375 g/mol. The highest BCUT2D eigenvalue weighted by molar-refractivity contribution is 7.89. The summed E-state index contributed by atoms with van der Waals surface area (Å²) >= 11 is 0. The van der Waals surface area contributed by atoms with Gasteiger partial charge in [-0.15, -0.1) is 0 Å². The van der Waals surface area contributed by atoms with Crippen LogP contribution in [0.5, 0.6) is 0 Å². The monoisotopic (exact) mass is 375 g/mol. The fourth-order valence-electron chi connectivity index (χ4n) is 2.35. The van der Waals surface area contributed by atoms with Crippen LogP contribution in [0.3, 0.4) is 0 Å². The molecule has 26 heavy (non-hydrogen) atoms. The highest BCUT2D eigenvalue weighted by Crippen LogP contribution is 2.20. The molecule has 0 aliphatic rings. The normalized spacial score (nSPS) is 11.8. The van der Waals surface area contributed by atoms with Gasteiger partial charge < -0.3 is 4.52 Å². The summed E-state index contributed by atoms with van der Waals surface area (Å²) in [5.41, 5.74) is 1.24. The first-order valence-electron chi connectivity index (χ1n) is 8.04. The molecule has 0 aliphatic heterocycles. The zero-order valence-corrected chi connectivity index (χ0v) is 15.1. The summed E-state index contributed by atoms with van der Waals surface area (Å²) in [6.45, 7) is 3.88. The van der Waals surface area contributed by atoms with Gasteiger partial charge in [0.1, 0.15) is 5.82 Å². The third-order valence-electron chi connectivity index (χ3n) is 3.85. The number of rotatable bonds is 6. The molecule has 1 aromatic heterocycles. The van der Waals surface area contributed by atoms with Crippen LogP contribution < -0.4 is 4.72 Å². The van der Waals surface area contributed by atoms with Gasteiger partial charge in [0.2, 0.25) is 21.7 Å². The fraction of sp³-hybridized carbons (Fsp3) is 0.222. The number of benzene rings is 2. The minimum atomic E-state index is -3.72. The maximum absolute atomic E-state index is 13.7. The van der Waals surface area contributed by atoms with Crippen molar-refractivity contribution in [2.75, 3.05) is 0 Å². The zero-order valence-electron chi connectivity index (χ0n) is 14.3. The molecule has 3 rings (SSSR count). The van der Waals surface area contributed by atoms with Crippen LogP contribution in [0.4, 0.5) is 4.39 Å². The number of aromatic nitrogens is 2. The van der Waals surface area contributed by atoms with E-state index in [2.05, 4.69) is 14.9 Å². The van der Waals surface area contributed by atoms with Crippen molar-refractivity contribution >= 4 is 10.0 Å². The molecule has 0 bridgehead atoms. The standard InChI is InChI=1S/C18H18FN3O3S/c1-12(2)13-7-9-14(10-8-13)26(23,24)20-11-17-21-18(22-25-17)15-5-3-4-6-16(15)19/h3-10,12,20H,11H2,1-2H3. The lowest BCUT2D eigenvalue weighted by Crippen LogP contribution is -2.23. The van der Waals surface area contributed by atoms with Crippen molar-refractivity contribution < 1.29 is 17.3 Å². The van der Waals surface area contributed by atoms with Gasteiger partial charge in [-0.3, -0.25) is 0 Å². The summed E-state index contributed by atoms with van der Waals surface area (Å²) < 4.78 is 45.9. The Morgan fingerprint density at radius 3 is 2.46 bits per heavy atom. The van der Waals surface area contributed by atoms with Crippen LogP contribution >= 0.6 is 0 Å². The smallest absolute Gasteiger partial charge is 0.242 e. The lowest BCUT2D eigenvalue weighted by atomic mass is 10.0. The Hall–Kier alpha value is -2.58. The van der Waals surface area contributed by atoms with Gasteiger partial charge in [-0.2, -0.15) is 4.98 Å². The molecule has 0 atom stereocenters. The molecule has 0 spiro atoms. The molecule has 8 heteroatoms. The molecule has 0 saturated heterocycles. The Morgan fingerprint density at radius 1 is 1.12 bits per heavy atom. The molecule has 0 amide bonds. The Balaban J connectivity index is 1.71. The minimum absolute atomic E-state index is 0.0469. The molecule has 0 unspecified atom stereocenters. The van der Waals surface area contributed by atoms with Crippen LogP contribution in [0.2, 0.25) is 0 Å². The second-order valence-electron chi connectivity index (χ2n) is 6.04. The number of hydrogen-bond donors (Lipinski definition) is 1. The first-order chi connectivity index (χ1) is 12.4. The number of hydrogen-bond acceptors (Lipinski definition) is 5. The second kappa shape index (κ2) is 7.35. The van der Waals surface area contributed by atoms with E-state index in [1.54, 1.807) is 36.4 Å². The van der Waals surface area contributed by atoms with Crippen molar-refractivity contribution in [3.63, 3.8) is 0 Å². The van der Waals surface area contributed by atoms with E-state index in [-0.39, 0.29) is 28.7 Å². The average Bonchev–Trinajstić information content (AvgIpc) is 3.09. The van der Waals surface area contributed by atoms with Crippen LogP contribution in [0, 0.1) is 5.82 Å². The van der Waals surface area contributed by atoms with Gasteiger partial charge in [0, 0.05) is 0 Å². The van der Waals surface area contributed by atoms with Crippen LogP contribution in [0.15, 0.2) is 57.9 Å². The lowest BCUT2D eigenvalue weighted by molar-refractivity contribution is 0.375. The third-order valence-corrected chi connectivity index (χ3v) is 5.27. The van der Waals surface area contributed by atoms with Gasteiger partial charge in [0.25, 0.3) is 0 Å². The molecule has 1 N–H and O–H groups in total. The molecule has 0 fully saturated rings. The van der Waals surface area contributed by atoms with Crippen LogP contribution in [0.1, 0.15) is 31.2 Å². The van der Waals surface area contributed by atoms with Gasteiger partial charge in [0.15, 0.2) is 0 Å². The second-order valence-corrected chi connectivity index (χ2v) is 7.81. The van der Waals surface area contributed by atoms with E-state index in [4.69, 9.17) is 4.52 Å². The van der Waals surface area contributed by atoms with E-state index in [1.165, 1.54) is 12.1 Å². The van der Waals surface area contributed by atoms with E-state index in [1.807, 2.05) is 13.8 Å². The quantitative estimate of drug-likeness (QED) is 0.713. The van der Waals surface area contributed by atoms with E-state index >= 15 is 0 Å². The van der Waals surface area contributed by atoms with Crippen LogP contribution in [-0.2, 0) is 16.6 Å². The Morgan fingerprint density at radius 2 is 1.81 bits per heavy atom. The van der Waals surface area contributed by atoms with E-state index in [9.17, 15) is 12.8 Å². The highest BCUT2D eigenvalue weighted by atomic mass is 32.2. The third kappa shape index (κ3) is 3.97. The van der Waals surface area contributed by atoms with Crippen molar-refractivity contribution in [1.29, 1.82) is 0 Å². The molecule has 136 valence electrons. The van der Waals surface area contributed by atoms with Gasteiger partial charge in [-0.05, 0) is 35.7 Å². The molecule has 0 aliphatic carbocycles. The Kier molecular flexibility index (Phi) is 5.15. The summed E-state index contributed by atoms with van der Waals surface area (Å²) in [5.74, 6) is -0.0511. The van der Waals surface area contributed by atoms with Crippen molar-refractivity contribution in [1.82, 2.24) is 14.9 Å². The van der Waals surface area contributed by atoms with Gasteiger partial charge in [-0.25, -0.2) is 17.5 Å². The maximum Gasteiger partial charge on any atom is 0.242 e. The SMILES string of the molecule is CC(C)c1ccc(S(=O)(=O)NCc2nc(-c3ccccc3F)no2)cc1. The van der Waals surface area contributed by atoms with E-state index in [0.717, 1.165) is 5.56 Å². The molecular formula is C18H18FN3O3S. The number of halogens is 1. The Labute approximate surface area is 151 Å². The van der Waals surface area contributed by atoms with Crippen molar-refractivity contribution in [3.05, 3.63) is 65.8 Å². The zero-order chi connectivity index (χ0) is 18.7. The largest absolute Gasteiger partial charge is 0.338 e. The Bertz CT molecular complexity index is 999. The van der Waals surface area contributed by atoms with Crippen molar-refractivity contribution in [2.24, 2.45) is 0 Å². The lowest BCUT2D eigenvalue weighted by Gasteiger charge is -2.08. The summed E-state index contributed by atoms with van der Waals surface area (Å²) in [5, 5.41) is 3.69. The predicted octanol–water partition coefficient (Wildman–Crippen LogP) is 3.48.